The Balaban J connectivity index is 1.39. The minimum absolute atomic E-state index is 0.0812. The fourth-order valence-corrected chi connectivity index (χ4v) is 3.72. The van der Waals surface area contributed by atoms with Crippen molar-refractivity contribution < 1.29 is 9.18 Å². The molecule has 0 radical (unpaired) electrons. The summed E-state index contributed by atoms with van der Waals surface area (Å²) in [4.78, 5) is 17.1. The molecule has 1 fully saturated rings. The predicted octanol–water partition coefficient (Wildman–Crippen LogP) is 3.78. The second-order valence-corrected chi connectivity index (χ2v) is 7.23. The van der Waals surface area contributed by atoms with Crippen molar-refractivity contribution in [3.8, 4) is 0 Å². The number of nitrogens with zero attached hydrogens (tertiary/aromatic N) is 2. The molecule has 2 aromatic carbocycles. The van der Waals surface area contributed by atoms with Crippen LogP contribution in [0.25, 0.3) is 6.08 Å². The Bertz CT molecular complexity index is 743. The van der Waals surface area contributed by atoms with Crippen molar-refractivity contribution in [1.29, 1.82) is 0 Å². The third-order valence-corrected chi connectivity index (χ3v) is 5.42. The molecule has 1 saturated heterocycles. The molecule has 0 unspecified atom stereocenters. The molecule has 2 aromatic rings. The Labute approximate surface area is 158 Å². The molecule has 1 heterocycles. The quantitative estimate of drug-likeness (QED) is 0.723. The van der Waals surface area contributed by atoms with Crippen LogP contribution in [0.5, 0.6) is 0 Å². The summed E-state index contributed by atoms with van der Waals surface area (Å²) >= 11 is 1.27. The Morgan fingerprint density at radius 1 is 1.00 bits per heavy atom. The van der Waals surface area contributed by atoms with E-state index in [-0.39, 0.29) is 17.5 Å². The lowest BCUT2D eigenvalue weighted by Gasteiger charge is -2.34. The van der Waals surface area contributed by atoms with Crippen molar-refractivity contribution in [1.82, 2.24) is 9.80 Å². The van der Waals surface area contributed by atoms with E-state index in [2.05, 4.69) is 29.2 Å². The Morgan fingerprint density at radius 2 is 1.69 bits per heavy atom. The van der Waals surface area contributed by atoms with E-state index < -0.39 is 0 Å². The molecule has 0 aliphatic carbocycles. The highest BCUT2D eigenvalue weighted by molar-refractivity contribution is 8.00. The van der Waals surface area contributed by atoms with E-state index in [0.29, 0.717) is 4.90 Å². The largest absolute Gasteiger partial charge is 0.339 e. The van der Waals surface area contributed by atoms with Gasteiger partial charge in [0.05, 0.1) is 5.75 Å². The van der Waals surface area contributed by atoms with Crippen molar-refractivity contribution in [2.75, 3.05) is 38.5 Å². The molecule has 0 atom stereocenters. The number of piperazine rings is 1. The lowest BCUT2D eigenvalue weighted by molar-refractivity contribution is -0.129. The number of hydrogen-bond donors (Lipinski definition) is 0. The fourth-order valence-electron chi connectivity index (χ4n) is 2.87. The first-order valence-corrected chi connectivity index (χ1v) is 9.80. The van der Waals surface area contributed by atoms with Crippen LogP contribution in [0.4, 0.5) is 4.39 Å². The molecule has 0 N–H and O–H groups in total. The van der Waals surface area contributed by atoms with E-state index in [9.17, 15) is 9.18 Å². The van der Waals surface area contributed by atoms with Crippen molar-refractivity contribution in [3.63, 3.8) is 0 Å². The maximum atomic E-state index is 13.6. The lowest BCUT2D eigenvalue weighted by atomic mass is 10.2. The van der Waals surface area contributed by atoms with Gasteiger partial charge in [-0.1, -0.05) is 54.6 Å². The van der Waals surface area contributed by atoms with Gasteiger partial charge >= 0.3 is 0 Å². The summed E-state index contributed by atoms with van der Waals surface area (Å²) in [6.45, 7) is 4.09. The van der Waals surface area contributed by atoms with Gasteiger partial charge in [-0.3, -0.25) is 9.69 Å². The highest BCUT2D eigenvalue weighted by Gasteiger charge is 2.20. The number of hydrogen-bond acceptors (Lipinski definition) is 3. The maximum absolute atomic E-state index is 13.6. The number of amides is 1. The number of carbonyl (C=O) groups is 1. The predicted molar refractivity (Wildman–Crippen MR) is 106 cm³/mol. The Kier molecular flexibility index (Phi) is 6.86. The van der Waals surface area contributed by atoms with Gasteiger partial charge in [0, 0.05) is 37.6 Å². The Hall–Kier alpha value is -2.11. The number of rotatable bonds is 6. The standard InChI is InChI=1S/C21H23FN2OS/c22-19-10-4-5-11-20(19)26-17-21(25)24-15-13-23(14-16-24)12-6-9-18-7-2-1-3-8-18/h1-11H,12-17H2/b9-6+. The van der Waals surface area contributed by atoms with E-state index in [0.717, 1.165) is 32.7 Å². The fraction of sp³-hybridized carbons (Fsp3) is 0.286. The normalized spacial score (nSPS) is 15.5. The molecule has 26 heavy (non-hydrogen) atoms. The van der Waals surface area contributed by atoms with E-state index in [4.69, 9.17) is 0 Å². The molecule has 1 aliphatic heterocycles. The summed E-state index contributed by atoms with van der Waals surface area (Å²) in [5.41, 5.74) is 1.20. The van der Waals surface area contributed by atoms with Crippen LogP contribution in [0.1, 0.15) is 5.56 Å². The maximum Gasteiger partial charge on any atom is 0.233 e. The van der Waals surface area contributed by atoms with E-state index in [1.165, 1.54) is 23.4 Å². The highest BCUT2D eigenvalue weighted by Crippen LogP contribution is 2.21. The van der Waals surface area contributed by atoms with Crippen LogP contribution in [0.2, 0.25) is 0 Å². The molecule has 0 aromatic heterocycles. The number of halogens is 1. The van der Waals surface area contributed by atoms with Gasteiger partial charge in [0.15, 0.2) is 0 Å². The highest BCUT2D eigenvalue weighted by atomic mass is 32.2. The minimum Gasteiger partial charge on any atom is -0.339 e. The van der Waals surface area contributed by atoms with E-state index in [1.807, 2.05) is 23.1 Å². The zero-order chi connectivity index (χ0) is 18.2. The summed E-state index contributed by atoms with van der Waals surface area (Å²) in [5.74, 6) is 0.104. The third-order valence-electron chi connectivity index (χ3n) is 4.39. The number of thioether (sulfide) groups is 1. The second-order valence-electron chi connectivity index (χ2n) is 6.21. The molecule has 5 heteroatoms. The van der Waals surface area contributed by atoms with Crippen LogP contribution in [0.3, 0.4) is 0 Å². The van der Waals surface area contributed by atoms with E-state index >= 15 is 0 Å². The van der Waals surface area contributed by atoms with Gasteiger partial charge in [-0.2, -0.15) is 0 Å². The first-order valence-electron chi connectivity index (χ1n) is 8.81. The number of carbonyl (C=O) groups excluding carboxylic acids is 1. The van der Waals surface area contributed by atoms with Crippen LogP contribution in [-0.2, 0) is 4.79 Å². The Morgan fingerprint density at radius 3 is 2.42 bits per heavy atom. The van der Waals surface area contributed by atoms with Crippen molar-refractivity contribution >= 4 is 23.7 Å². The summed E-state index contributed by atoms with van der Waals surface area (Å²) in [6, 6.07) is 16.8. The summed E-state index contributed by atoms with van der Waals surface area (Å²) < 4.78 is 13.6. The average molecular weight is 370 g/mol. The zero-order valence-corrected chi connectivity index (χ0v) is 15.5. The second kappa shape index (κ2) is 9.55. The molecular formula is C21H23FN2OS. The topological polar surface area (TPSA) is 23.6 Å². The molecule has 0 bridgehead atoms. The van der Waals surface area contributed by atoms with Crippen LogP contribution in [0.15, 0.2) is 65.6 Å². The van der Waals surface area contributed by atoms with Crippen LogP contribution < -0.4 is 0 Å². The van der Waals surface area contributed by atoms with Gasteiger partial charge in [0.1, 0.15) is 5.82 Å². The van der Waals surface area contributed by atoms with Gasteiger partial charge in [-0.25, -0.2) is 4.39 Å². The molecule has 1 aliphatic rings. The SMILES string of the molecule is O=C(CSc1ccccc1F)N1CCN(C/C=C/c2ccccc2)CC1. The summed E-state index contributed by atoms with van der Waals surface area (Å²) in [7, 11) is 0. The molecule has 136 valence electrons. The summed E-state index contributed by atoms with van der Waals surface area (Å²) in [6.07, 6.45) is 4.30. The van der Waals surface area contributed by atoms with Crippen molar-refractivity contribution in [2.24, 2.45) is 0 Å². The third kappa shape index (κ3) is 5.44. The molecule has 0 saturated carbocycles. The van der Waals surface area contributed by atoms with Crippen LogP contribution in [0, 0.1) is 5.82 Å². The molecule has 0 spiro atoms. The van der Waals surface area contributed by atoms with Gasteiger partial charge in [-0.15, -0.1) is 11.8 Å². The lowest BCUT2D eigenvalue weighted by Crippen LogP contribution is -2.49. The van der Waals surface area contributed by atoms with E-state index in [1.54, 1.807) is 18.2 Å². The van der Waals surface area contributed by atoms with Gasteiger partial charge in [0.25, 0.3) is 0 Å². The average Bonchev–Trinajstić information content (AvgIpc) is 2.68. The van der Waals surface area contributed by atoms with Crippen LogP contribution >= 0.6 is 11.8 Å². The van der Waals surface area contributed by atoms with Gasteiger partial charge < -0.3 is 4.90 Å². The molecular weight excluding hydrogens is 347 g/mol. The molecule has 1 amide bonds. The van der Waals surface area contributed by atoms with Crippen LogP contribution in [-0.4, -0.2) is 54.2 Å². The smallest absolute Gasteiger partial charge is 0.233 e. The molecule has 3 rings (SSSR count). The monoisotopic (exact) mass is 370 g/mol. The number of benzene rings is 2. The van der Waals surface area contributed by atoms with Gasteiger partial charge in [-0.05, 0) is 17.7 Å². The van der Waals surface area contributed by atoms with Crippen molar-refractivity contribution in [3.05, 3.63) is 72.1 Å². The summed E-state index contributed by atoms with van der Waals surface area (Å²) in [5, 5.41) is 0. The van der Waals surface area contributed by atoms with Crippen molar-refractivity contribution in [2.45, 2.75) is 4.90 Å². The first kappa shape index (κ1) is 18.7. The zero-order valence-electron chi connectivity index (χ0n) is 14.7. The van der Waals surface area contributed by atoms with Gasteiger partial charge in [0.2, 0.25) is 5.91 Å². The first-order chi connectivity index (χ1) is 12.7. The molecule has 3 nitrogen and oxygen atoms in total. The minimum atomic E-state index is -0.264.